The fourth-order valence-electron chi connectivity index (χ4n) is 5.58. The highest BCUT2D eigenvalue weighted by Crippen LogP contribution is 2.57. The van der Waals surface area contributed by atoms with Gasteiger partial charge in [0, 0.05) is 22.2 Å². The maximum absolute atomic E-state index is 6.84. The third kappa shape index (κ3) is 2.86. The topological polar surface area (TPSA) is 30.5 Å². The molecule has 0 saturated heterocycles. The second kappa shape index (κ2) is 6.66. The van der Waals surface area contributed by atoms with Crippen LogP contribution in [0, 0.1) is 5.41 Å². The fraction of sp³-hybridized carbons (Fsp3) is 0.407. The first-order valence-electron chi connectivity index (χ1n) is 11.0. The van der Waals surface area contributed by atoms with Gasteiger partial charge in [-0.05, 0) is 69.4 Å². The lowest BCUT2D eigenvalue weighted by molar-refractivity contribution is 0.0482. The number of hydrogen-bond acceptors (Lipinski definition) is 3. The molecule has 2 aromatic carbocycles. The molecule has 2 aliphatic heterocycles. The van der Waals surface area contributed by atoms with Crippen LogP contribution < -0.4 is 14.8 Å². The summed E-state index contributed by atoms with van der Waals surface area (Å²) in [5, 5.41) is 3.73. The maximum Gasteiger partial charge on any atom is 0.131 e. The molecule has 1 aliphatic carbocycles. The molecule has 0 fully saturated rings. The molecule has 2 aromatic rings. The average Bonchev–Trinajstić information content (AvgIpc) is 2.71. The lowest BCUT2D eigenvalue weighted by atomic mass is 9.68. The van der Waals surface area contributed by atoms with E-state index in [1.54, 1.807) is 7.11 Å². The van der Waals surface area contributed by atoms with Crippen molar-refractivity contribution in [2.24, 2.45) is 5.41 Å². The molecule has 0 saturated carbocycles. The van der Waals surface area contributed by atoms with Crippen molar-refractivity contribution >= 4 is 11.3 Å². The van der Waals surface area contributed by atoms with Crippen molar-refractivity contribution < 1.29 is 9.47 Å². The number of allylic oxidation sites excluding steroid dienone is 3. The van der Waals surface area contributed by atoms with E-state index in [1.165, 1.54) is 28.0 Å². The summed E-state index contributed by atoms with van der Waals surface area (Å²) in [6.07, 6.45) is 10.2. The molecule has 0 amide bonds. The van der Waals surface area contributed by atoms with Crippen LogP contribution in [0.2, 0.25) is 0 Å². The molecule has 0 spiro atoms. The molecule has 1 unspecified atom stereocenters. The molecule has 1 N–H and O–H groups in total. The van der Waals surface area contributed by atoms with Gasteiger partial charge in [0.1, 0.15) is 17.6 Å². The number of rotatable bonds is 2. The predicted octanol–water partition coefficient (Wildman–Crippen LogP) is 7.15. The summed E-state index contributed by atoms with van der Waals surface area (Å²) in [5.41, 5.74) is 7.40. The SMILES string of the molecule is COc1cccc2c1-c1ccc3c(c1[C@H](C1(C)CC=CCC1)O2)C(C)=CC(C)(C)N3. The van der Waals surface area contributed by atoms with Crippen molar-refractivity contribution in [3.63, 3.8) is 0 Å². The van der Waals surface area contributed by atoms with Crippen molar-refractivity contribution in [3.05, 3.63) is 59.7 Å². The van der Waals surface area contributed by atoms with E-state index in [0.717, 1.165) is 36.3 Å². The third-order valence-corrected chi connectivity index (χ3v) is 6.92. The van der Waals surface area contributed by atoms with E-state index in [-0.39, 0.29) is 17.1 Å². The minimum atomic E-state index is -0.0661. The van der Waals surface area contributed by atoms with Crippen LogP contribution in [-0.4, -0.2) is 12.6 Å². The van der Waals surface area contributed by atoms with Gasteiger partial charge in [0.2, 0.25) is 0 Å². The van der Waals surface area contributed by atoms with Gasteiger partial charge in [0.15, 0.2) is 0 Å². The summed E-state index contributed by atoms with van der Waals surface area (Å²) in [5.74, 6) is 1.79. The van der Waals surface area contributed by atoms with Crippen LogP contribution in [0.15, 0.2) is 48.6 Å². The molecule has 2 heterocycles. The fourth-order valence-corrected chi connectivity index (χ4v) is 5.58. The first kappa shape index (κ1) is 19.3. The van der Waals surface area contributed by atoms with Crippen molar-refractivity contribution in [3.8, 4) is 22.6 Å². The molecular weight excluding hydrogens is 370 g/mol. The van der Waals surface area contributed by atoms with E-state index in [9.17, 15) is 0 Å². The maximum atomic E-state index is 6.84. The number of methoxy groups -OCH3 is 1. The van der Waals surface area contributed by atoms with E-state index in [4.69, 9.17) is 9.47 Å². The Morgan fingerprint density at radius 3 is 2.63 bits per heavy atom. The van der Waals surface area contributed by atoms with Gasteiger partial charge in [-0.3, -0.25) is 0 Å². The second-order valence-corrected chi connectivity index (χ2v) is 9.82. The van der Waals surface area contributed by atoms with Gasteiger partial charge >= 0.3 is 0 Å². The Labute approximate surface area is 179 Å². The summed E-state index contributed by atoms with van der Waals surface area (Å²) in [6, 6.07) is 10.6. The second-order valence-electron chi connectivity index (χ2n) is 9.82. The molecule has 156 valence electrons. The highest BCUT2D eigenvalue weighted by Gasteiger charge is 2.44. The third-order valence-electron chi connectivity index (χ3n) is 6.92. The van der Waals surface area contributed by atoms with E-state index in [0.29, 0.717) is 0 Å². The van der Waals surface area contributed by atoms with Crippen LogP contribution in [0.1, 0.15) is 64.2 Å². The molecule has 30 heavy (non-hydrogen) atoms. The van der Waals surface area contributed by atoms with Crippen LogP contribution in [0.4, 0.5) is 5.69 Å². The van der Waals surface area contributed by atoms with Gasteiger partial charge in [-0.25, -0.2) is 0 Å². The van der Waals surface area contributed by atoms with Crippen LogP contribution in [-0.2, 0) is 0 Å². The summed E-state index contributed by atoms with van der Waals surface area (Å²) >= 11 is 0. The lowest BCUT2D eigenvalue weighted by Crippen LogP contribution is -2.36. The molecule has 3 nitrogen and oxygen atoms in total. The van der Waals surface area contributed by atoms with E-state index in [1.807, 2.05) is 12.1 Å². The van der Waals surface area contributed by atoms with Crippen molar-refractivity contribution in [2.75, 3.05) is 12.4 Å². The van der Waals surface area contributed by atoms with E-state index < -0.39 is 0 Å². The quantitative estimate of drug-likeness (QED) is 0.542. The molecule has 2 atom stereocenters. The Kier molecular flexibility index (Phi) is 4.29. The highest BCUT2D eigenvalue weighted by atomic mass is 16.5. The average molecular weight is 402 g/mol. The smallest absolute Gasteiger partial charge is 0.131 e. The molecule has 3 aliphatic rings. The molecule has 0 aromatic heterocycles. The van der Waals surface area contributed by atoms with E-state index >= 15 is 0 Å². The first-order valence-corrected chi connectivity index (χ1v) is 11.0. The summed E-state index contributed by atoms with van der Waals surface area (Å²) < 4.78 is 12.6. The molecule has 3 heteroatoms. The van der Waals surface area contributed by atoms with Gasteiger partial charge in [0.05, 0.1) is 18.2 Å². The summed E-state index contributed by atoms with van der Waals surface area (Å²) in [4.78, 5) is 0. The Bertz CT molecular complexity index is 1080. The summed E-state index contributed by atoms with van der Waals surface area (Å²) in [6.45, 7) is 9.06. The normalized spacial score (nSPS) is 25.8. The molecule has 0 bridgehead atoms. The Morgan fingerprint density at radius 2 is 1.90 bits per heavy atom. The number of fused-ring (bicyclic) bond motifs is 5. The largest absolute Gasteiger partial charge is 0.496 e. The van der Waals surface area contributed by atoms with Gasteiger partial charge in [-0.1, -0.05) is 37.3 Å². The van der Waals surface area contributed by atoms with Gasteiger partial charge in [-0.2, -0.15) is 0 Å². The standard InChI is InChI=1S/C27H31NO2/c1-17-16-26(2,3)28-19-13-12-18-23-20(29-5)10-9-11-21(23)30-25(24(18)22(17)19)27(4)14-7-6-8-15-27/h6-7,9-13,16,25,28H,8,14-15H2,1-5H3/t25-,27?/m1/s1. The highest BCUT2D eigenvalue weighted by molar-refractivity contribution is 5.91. The summed E-state index contributed by atoms with van der Waals surface area (Å²) in [7, 11) is 1.74. The van der Waals surface area contributed by atoms with Crippen molar-refractivity contribution in [2.45, 2.75) is 58.6 Å². The van der Waals surface area contributed by atoms with E-state index in [2.05, 4.69) is 69.4 Å². The molecule has 0 radical (unpaired) electrons. The number of anilines is 1. The Morgan fingerprint density at radius 1 is 1.07 bits per heavy atom. The van der Waals surface area contributed by atoms with Gasteiger partial charge < -0.3 is 14.8 Å². The molecular formula is C27H31NO2. The Hall–Kier alpha value is -2.68. The van der Waals surface area contributed by atoms with Crippen LogP contribution in [0.25, 0.3) is 16.7 Å². The number of benzene rings is 2. The lowest BCUT2D eigenvalue weighted by Gasteiger charge is -2.44. The number of nitrogens with one attached hydrogen (secondary N) is 1. The van der Waals surface area contributed by atoms with Gasteiger partial charge in [-0.15, -0.1) is 0 Å². The first-order chi connectivity index (χ1) is 14.3. The van der Waals surface area contributed by atoms with Crippen LogP contribution in [0.3, 0.4) is 0 Å². The van der Waals surface area contributed by atoms with Crippen LogP contribution in [0.5, 0.6) is 11.5 Å². The monoisotopic (exact) mass is 401 g/mol. The van der Waals surface area contributed by atoms with Crippen molar-refractivity contribution in [1.29, 1.82) is 0 Å². The zero-order valence-corrected chi connectivity index (χ0v) is 18.6. The van der Waals surface area contributed by atoms with Crippen LogP contribution >= 0.6 is 0 Å². The number of hydrogen-bond donors (Lipinski definition) is 1. The van der Waals surface area contributed by atoms with Crippen molar-refractivity contribution in [1.82, 2.24) is 0 Å². The zero-order chi connectivity index (χ0) is 21.1. The minimum Gasteiger partial charge on any atom is -0.496 e. The van der Waals surface area contributed by atoms with Gasteiger partial charge in [0.25, 0.3) is 0 Å². The zero-order valence-electron chi connectivity index (χ0n) is 18.6. The molecule has 5 rings (SSSR count). The number of ether oxygens (including phenoxy) is 2. The minimum absolute atomic E-state index is 0.00151. The Balaban J connectivity index is 1.81. The predicted molar refractivity (Wildman–Crippen MR) is 124 cm³/mol.